The average Bonchev–Trinajstić information content (AvgIpc) is 2.90. The summed E-state index contributed by atoms with van der Waals surface area (Å²) in [6.45, 7) is -4.47. The van der Waals surface area contributed by atoms with Crippen LogP contribution in [0.15, 0.2) is 48.5 Å². The third kappa shape index (κ3) is 2.53. The Morgan fingerprint density at radius 1 is 1.00 bits per heavy atom. The van der Waals surface area contributed by atoms with Gasteiger partial charge in [0.1, 0.15) is 0 Å². The lowest BCUT2D eigenvalue weighted by Crippen LogP contribution is -2.34. The van der Waals surface area contributed by atoms with E-state index in [2.05, 4.69) is 0 Å². The molecule has 3 rings (SSSR count). The molecule has 2 aromatic carbocycles. The van der Waals surface area contributed by atoms with Gasteiger partial charge in [-0.25, -0.2) is 0 Å². The van der Waals surface area contributed by atoms with Crippen molar-refractivity contribution in [2.75, 3.05) is 11.4 Å². The quantitative estimate of drug-likeness (QED) is 0.779. The third-order valence-electron chi connectivity index (χ3n) is 3.67. The average molecular weight is 290 g/mol. The first kappa shape index (κ1) is 13.7. The zero-order valence-corrected chi connectivity index (χ0v) is 11.1. The number of carbonyl (C=O) groups excluding carboxylic acids is 1. The fraction of sp³-hybridized carbons (Fsp3) is 0.133. The van der Waals surface area contributed by atoms with Crippen molar-refractivity contribution >= 4 is 24.0 Å². The molecule has 1 heterocycles. The Labute approximate surface area is 120 Å². The number of para-hydroxylation sites is 1. The lowest BCUT2D eigenvalue weighted by Gasteiger charge is -2.19. The van der Waals surface area contributed by atoms with E-state index in [-0.39, 0.29) is 11.5 Å². The molecule has 0 saturated heterocycles. The van der Waals surface area contributed by atoms with Crippen molar-refractivity contribution < 1.29 is 17.7 Å². The van der Waals surface area contributed by atoms with Gasteiger partial charge in [-0.1, -0.05) is 42.5 Å². The maximum Gasteiger partial charge on any atom is 0.509 e. The number of amides is 1. The lowest BCUT2D eigenvalue weighted by atomic mass is 9.80. The van der Waals surface area contributed by atoms with E-state index < -0.39 is 12.4 Å². The summed E-state index contributed by atoms with van der Waals surface area (Å²) in [4.78, 5) is 14.0. The van der Waals surface area contributed by atoms with Crippen LogP contribution in [0.2, 0.25) is 0 Å². The summed E-state index contributed by atoms with van der Waals surface area (Å²) in [5.41, 5.74) is 1.51. The van der Waals surface area contributed by atoms with Crippen LogP contribution in [0.4, 0.5) is 18.6 Å². The summed E-state index contributed by atoms with van der Waals surface area (Å²) in [7, 11) is 0. The molecule has 0 aromatic heterocycles. The number of nitrogens with zero attached hydrogens (tertiary/aromatic N) is 1. The maximum atomic E-state index is 12.6. The summed E-state index contributed by atoms with van der Waals surface area (Å²) in [6.07, 6.45) is 0.770. The monoisotopic (exact) mass is 290 g/mol. The molecule has 0 spiro atoms. The largest absolute Gasteiger partial charge is 0.509 e. The minimum Gasteiger partial charge on any atom is -0.445 e. The van der Waals surface area contributed by atoms with Crippen molar-refractivity contribution in [1.82, 2.24) is 0 Å². The first-order chi connectivity index (χ1) is 9.97. The second kappa shape index (κ2) is 4.95. The fourth-order valence-corrected chi connectivity index (χ4v) is 2.55. The van der Waals surface area contributed by atoms with Crippen LogP contribution < -0.4 is 10.4 Å². The highest BCUT2D eigenvalue weighted by Crippen LogP contribution is 2.28. The van der Waals surface area contributed by atoms with E-state index in [9.17, 15) is 17.7 Å². The first-order valence-electron chi connectivity index (χ1n) is 6.66. The minimum atomic E-state index is -5.03. The van der Waals surface area contributed by atoms with Crippen molar-refractivity contribution in [3.63, 3.8) is 0 Å². The van der Waals surface area contributed by atoms with Gasteiger partial charge in [0.05, 0.1) is 0 Å². The summed E-state index contributed by atoms with van der Waals surface area (Å²) >= 11 is 0. The van der Waals surface area contributed by atoms with E-state index in [0.717, 1.165) is 29.8 Å². The van der Waals surface area contributed by atoms with Crippen LogP contribution in [0.3, 0.4) is 0 Å². The Hall–Kier alpha value is -2.24. The smallest absolute Gasteiger partial charge is 0.445 e. The predicted octanol–water partition coefficient (Wildman–Crippen LogP) is 2.94. The molecule has 0 bridgehead atoms. The van der Waals surface area contributed by atoms with Gasteiger partial charge in [-0.2, -0.15) is 0 Å². The Bertz CT molecular complexity index is 682. The predicted molar refractivity (Wildman–Crippen MR) is 77.0 cm³/mol. The highest BCUT2D eigenvalue weighted by Gasteiger charge is 2.27. The third-order valence-corrected chi connectivity index (χ3v) is 3.67. The van der Waals surface area contributed by atoms with Gasteiger partial charge in [0.2, 0.25) is 0 Å². The van der Waals surface area contributed by atoms with Crippen LogP contribution in [0.1, 0.15) is 15.9 Å². The van der Waals surface area contributed by atoms with Crippen LogP contribution in [0.5, 0.6) is 0 Å². The van der Waals surface area contributed by atoms with E-state index in [1.54, 1.807) is 4.90 Å². The highest BCUT2D eigenvalue weighted by molar-refractivity contribution is 6.73. The molecule has 21 heavy (non-hydrogen) atoms. The van der Waals surface area contributed by atoms with E-state index in [1.165, 1.54) is 12.1 Å². The number of benzene rings is 2. The summed E-state index contributed by atoms with van der Waals surface area (Å²) in [5, 5.41) is 0. The van der Waals surface area contributed by atoms with Crippen LogP contribution in [0.25, 0.3) is 0 Å². The van der Waals surface area contributed by atoms with E-state index >= 15 is 0 Å². The number of carbonyl (C=O) groups is 1. The molecular weight excluding hydrogens is 278 g/mol. The first-order valence-corrected chi connectivity index (χ1v) is 6.66. The molecule has 0 unspecified atom stereocenters. The molecule has 0 N–H and O–H groups in total. The molecule has 1 aliphatic rings. The number of anilines is 1. The molecule has 0 aliphatic carbocycles. The van der Waals surface area contributed by atoms with E-state index in [1.807, 2.05) is 24.3 Å². The van der Waals surface area contributed by atoms with Crippen LogP contribution in [-0.2, 0) is 6.42 Å². The zero-order valence-electron chi connectivity index (χ0n) is 11.1. The number of fused-ring (bicyclic) bond motifs is 1. The molecule has 0 atom stereocenters. The van der Waals surface area contributed by atoms with Crippen LogP contribution >= 0.6 is 0 Å². The normalized spacial score (nSPS) is 14.1. The second-order valence-electron chi connectivity index (χ2n) is 5.03. The summed E-state index contributed by atoms with van der Waals surface area (Å²) in [6, 6.07) is 12.0. The molecule has 0 radical (unpaired) electrons. The topological polar surface area (TPSA) is 20.3 Å². The van der Waals surface area contributed by atoms with Crippen molar-refractivity contribution in [3.8, 4) is 0 Å². The van der Waals surface area contributed by atoms with Gasteiger partial charge in [-0.15, -0.1) is 5.46 Å². The Morgan fingerprint density at radius 2 is 1.67 bits per heavy atom. The molecule has 108 valence electrons. The highest BCUT2D eigenvalue weighted by atomic mass is 19.4. The summed E-state index contributed by atoms with van der Waals surface area (Å²) < 4.78 is 37.8. The van der Waals surface area contributed by atoms with Crippen molar-refractivity contribution in [2.24, 2.45) is 0 Å². The van der Waals surface area contributed by atoms with Crippen LogP contribution in [-0.4, -0.2) is 19.4 Å². The van der Waals surface area contributed by atoms with Gasteiger partial charge < -0.3 is 17.8 Å². The molecule has 2 aromatic rings. The van der Waals surface area contributed by atoms with Gasteiger partial charge in [0, 0.05) is 17.8 Å². The minimum absolute atomic E-state index is 0.263. The molecule has 2 nitrogen and oxygen atoms in total. The second-order valence-corrected chi connectivity index (χ2v) is 5.03. The molecule has 1 amide bonds. The Balaban J connectivity index is 1.87. The number of rotatable bonds is 2. The number of halogens is 3. The fourth-order valence-electron chi connectivity index (χ4n) is 2.55. The van der Waals surface area contributed by atoms with Crippen molar-refractivity contribution in [2.45, 2.75) is 6.42 Å². The Kier molecular flexibility index (Phi) is 3.24. The van der Waals surface area contributed by atoms with Gasteiger partial charge in [-0.05, 0) is 18.1 Å². The lowest BCUT2D eigenvalue weighted by molar-refractivity contribution is 0.0989. The van der Waals surface area contributed by atoms with Gasteiger partial charge in [-0.3, -0.25) is 4.79 Å². The summed E-state index contributed by atoms with van der Waals surface area (Å²) in [5.74, 6) is -0.263. The van der Waals surface area contributed by atoms with Gasteiger partial charge >= 0.3 is 6.98 Å². The van der Waals surface area contributed by atoms with Gasteiger partial charge in [0.25, 0.3) is 5.91 Å². The van der Waals surface area contributed by atoms with Crippen LogP contribution in [0, 0.1) is 0 Å². The van der Waals surface area contributed by atoms with E-state index in [4.69, 9.17) is 0 Å². The molecular formula is C15H12BF3NO-. The van der Waals surface area contributed by atoms with Crippen molar-refractivity contribution in [1.29, 1.82) is 0 Å². The number of hydrogen-bond donors (Lipinski definition) is 0. The molecule has 6 heteroatoms. The zero-order chi connectivity index (χ0) is 15.0. The van der Waals surface area contributed by atoms with Gasteiger partial charge in [0.15, 0.2) is 0 Å². The maximum absolute atomic E-state index is 12.6. The standard InChI is InChI=1S/C15H12BF3NO/c17-16(18,19)13-7-5-12(6-8-13)15(21)20-10-9-11-3-1-2-4-14(11)20/h1-8H,9-10H2/q-1. The molecule has 0 fully saturated rings. The Morgan fingerprint density at radius 3 is 2.33 bits per heavy atom. The SMILES string of the molecule is O=C(c1ccc([B-](F)(F)F)cc1)N1CCc2ccccc21. The molecule has 0 saturated carbocycles. The van der Waals surface area contributed by atoms with Crippen molar-refractivity contribution in [3.05, 3.63) is 59.7 Å². The number of hydrogen-bond acceptors (Lipinski definition) is 1. The molecule has 1 aliphatic heterocycles. The van der Waals surface area contributed by atoms with E-state index in [0.29, 0.717) is 6.54 Å².